The predicted molar refractivity (Wildman–Crippen MR) is 55.6 cm³/mol. The van der Waals surface area contributed by atoms with Gasteiger partial charge in [0.15, 0.2) is 0 Å². The van der Waals surface area contributed by atoms with Crippen molar-refractivity contribution in [2.45, 2.75) is 0 Å². The van der Waals surface area contributed by atoms with Crippen LogP contribution in [0.1, 0.15) is 21.0 Å². The molecule has 11 heteroatoms. The maximum absolute atomic E-state index is 9.87. The summed E-state index contributed by atoms with van der Waals surface area (Å²) in [6, 6.07) is 2.66. The van der Waals surface area contributed by atoms with Gasteiger partial charge in [-0.3, -0.25) is 10.2 Å². The molecule has 19 heavy (non-hydrogen) atoms. The molecule has 0 spiro atoms. The Morgan fingerprint density at radius 2 is 1.21 bits per heavy atom. The average Bonchev–Trinajstić information content (AvgIpc) is 2.93. The van der Waals surface area contributed by atoms with Crippen LogP contribution in [0.5, 0.6) is 0 Å². The van der Waals surface area contributed by atoms with Crippen molar-refractivity contribution in [3.8, 4) is 0 Å². The zero-order valence-corrected chi connectivity index (χ0v) is 10.3. The van der Waals surface area contributed by atoms with E-state index in [1.807, 2.05) is 0 Å². The van der Waals surface area contributed by atoms with Crippen molar-refractivity contribution in [1.82, 2.24) is 20.4 Å². The van der Waals surface area contributed by atoms with Gasteiger partial charge in [-0.15, -0.1) is 0 Å². The molecular formula is C8H12N4NiO6+2. The van der Waals surface area contributed by atoms with Crippen LogP contribution in [-0.2, 0) is 27.4 Å². The third kappa shape index (κ3) is 7.65. The third-order valence-corrected chi connectivity index (χ3v) is 1.42. The summed E-state index contributed by atoms with van der Waals surface area (Å²) in [6.45, 7) is 0. The summed E-state index contributed by atoms with van der Waals surface area (Å²) in [7, 11) is 0. The second-order valence-electron chi connectivity index (χ2n) is 2.49. The van der Waals surface area contributed by atoms with Gasteiger partial charge in [0, 0.05) is 12.4 Å². The number of H-pyrrole nitrogens is 2. The summed E-state index contributed by atoms with van der Waals surface area (Å²) in [5.74, 6) is -2.52. The summed E-state index contributed by atoms with van der Waals surface area (Å²) in [5.41, 5.74) is -0.130. The zero-order valence-electron chi connectivity index (χ0n) is 9.31. The van der Waals surface area contributed by atoms with E-state index in [4.69, 9.17) is 0 Å². The predicted octanol–water partition coefficient (Wildman–Crippen LogP) is -4.30. The Balaban J connectivity index is -0.000000233. The average molecular weight is 319 g/mol. The number of rotatable bonds is 2. The molecule has 0 aliphatic rings. The van der Waals surface area contributed by atoms with Crippen molar-refractivity contribution in [2.75, 3.05) is 0 Å². The van der Waals surface area contributed by atoms with Crippen LogP contribution in [0.25, 0.3) is 0 Å². The number of carbonyl (C=O) groups is 2. The Bertz CT molecular complexity index is 413. The molecule has 108 valence electrons. The van der Waals surface area contributed by atoms with Gasteiger partial charge >= 0.3 is 16.5 Å². The van der Waals surface area contributed by atoms with Crippen molar-refractivity contribution in [2.24, 2.45) is 0 Å². The van der Waals surface area contributed by atoms with Crippen molar-refractivity contribution in [3.63, 3.8) is 0 Å². The van der Waals surface area contributed by atoms with E-state index in [9.17, 15) is 19.8 Å². The fraction of sp³-hybridized carbons (Fsp3) is 0. The van der Waals surface area contributed by atoms with Gasteiger partial charge in [-0.05, 0) is 12.1 Å². The largest absolute Gasteiger partial charge is 2.00 e. The number of aromatic carboxylic acids is 2. The van der Waals surface area contributed by atoms with E-state index < -0.39 is 11.9 Å². The quantitative estimate of drug-likeness (QED) is 0.413. The van der Waals surface area contributed by atoms with Crippen molar-refractivity contribution >= 4 is 11.9 Å². The van der Waals surface area contributed by atoms with E-state index in [2.05, 4.69) is 20.4 Å². The molecule has 2 rings (SSSR count). The topological polar surface area (TPSA) is 204 Å². The number of nitrogens with zero attached hydrogens (tertiary/aromatic N) is 2. The number of hydrogen-bond acceptors (Lipinski definition) is 6. The number of hydrogen-bond donors (Lipinski definition) is 2. The molecule has 10 nitrogen and oxygen atoms in total. The van der Waals surface area contributed by atoms with Gasteiger partial charge < -0.3 is 30.8 Å². The molecule has 0 aromatic carbocycles. The Morgan fingerprint density at radius 3 is 1.32 bits per heavy atom. The van der Waals surface area contributed by atoms with Crippen molar-refractivity contribution in [1.29, 1.82) is 0 Å². The first-order valence-corrected chi connectivity index (χ1v) is 4.03. The van der Waals surface area contributed by atoms with Gasteiger partial charge in [-0.2, -0.15) is 10.2 Å². The summed E-state index contributed by atoms with van der Waals surface area (Å²) in [6.07, 6.45) is 2.84. The van der Waals surface area contributed by atoms with Crippen LogP contribution in [0, 0.1) is 0 Å². The SMILES string of the molecule is O=C([O-])c1cc[nH]n1.O=C([O-])c1cc[nH]n1.[Ni+2].[OH3+].[OH3+]. The number of nitrogens with one attached hydrogen (secondary N) is 2. The molecule has 8 N–H and O–H groups in total. The first kappa shape index (κ1) is 22.0. The number of aromatic nitrogens is 4. The molecule has 0 saturated carbocycles. The molecule has 0 saturated heterocycles. The molecule has 0 aliphatic carbocycles. The summed E-state index contributed by atoms with van der Waals surface area (Å²) < 4.78 is 0. The minimum atomic E-state index is -1.26. The maximum Gasteiger partial charge on any atom is 2.00 e. The third-order valence-electron chi connectivity index (χ3n) is 1.42. The van der Waals surface area contributed by atoms with Crippen LogP contribution in [-0.4, -0.2) is 32.3 Å². The zero-order chi connectivity index (χ0) is 12.0. The van der Waals surface area contributed by atoms with Crippen LogP contribution >= 0.6 is 0 Å². The molecule has 0 amide bonds. The van der Waals surface area contributed by atoms with E-state index in [-0.39, 0.29) is 38.8 Å². The minimum Gasteiger partial charge on any atom is -0.543 e. The molecule has 0 atom stereocenters. The fourth-order valence-corrected chi connectivity index (χ4v) is 0.748. The molecule has 0 radical (unpaired) electrons. The normalized spacial score (nSPS) is 7.58. The Labute approximate surface area is 116 Å². The van der Waals surface area contributed by atoms with E-state index in [1.54, 1.807) is 0 Å². The second-order valence-corrected chi connectivity index (χ2v) is 2.49. The van der Waals surface area contributed by atoms with E-state index >= 15 is 0 Å². The van der Waals surface area contributed by atoms with Gasteiger partial charge in [0.05, 0.1) is 11.9 Å². The number of aromatic amines is 2. The smallest absolute Gasteiger partial charge is 0.543 e. The molecular weight excluding hydrogens is 307 g/mol. The summed E-state index contributed by atoms with van der Waals surface area (Å²) in [5, 5.41) is 31.1. The van der Waals surface area contributed by atoms with E-state index in [1.165, 1.54) is 24.5 Å². The number of carboxylic acids is 2. The summed E-state index contributed by atoms with van der Waals surface area (Å²) >= 11 is 0. The number of carboxylic acid groups (broad SMARTS) is 2. The van der Waals surface area contributed by atoms with Gasteiger partial charge in [0.2, 0.25) is 0 Å². The molecule has 2 heterocycles. The van der Waals surface area contributed by atoms with Crippen molar-refractivity contribution in [3.05, 3.63) is 35.9 Å². The van der Waals surface area contributed by atoms with Crippen LogP contribution in [0.2, 0.25) is 0 Å². The summed E-state index contributed by atoms with van der Waals surface area (Å²) in [4.78, 5) is 19.7. The molecule has 0 bridgehead atoms. The van der Waals surface area contributed by atoms with Gasteiger partial charge in [0.1, 0.15) is 11.4 Å². The Morgan fingerprint density at radius 1 is 0.895 bits per heavy atom. The van der Waals surface area contributed by atoms with Crippen LogP contribution in [0.3, 0.4) is 0 Å². The van der Waals surface area contributed by atoms with E-state index in [0.29, 0.717) is 0 Å². The first-order valence-electron chi connectivity index (χ1n) is 4.03. The second kappa shape index (κ2) is 10.9. The molecule has 2 aromatic rings. The Hall–Kier alpha value is -2.23. The molecule has 0 unspecified atom stereocenters. The molecule has 2 aromatic heterocycles. The van der Waals surface area contributed by atoms with Crippen LogP contribution in [0.15, 0.2) is 24.5 Å². The molecule has 0 aliphatic heterocycles. The van der Waals surface area contributed by atoms with Gasteiger partial charge in [-0.1, -0.05) is 0 Å². The van der Waals surface area contributed by atoms with Crippen LogP contribution < -0.4 is 10.2 Å². The molecule has 0 fully saturated rings. The van der Waals surface area contributed by atoms with Gasteiger partial charge in [-0.25, -0.2) is 0 Å². The Kier molecular flexibility index (Phi) is 12.6. The van der Waals surface area contributed by atoms with Crippen molar-refractivity contribution < 1.29 is 47.2 Å². The number of carbonyl (C=O) groups excluding carboxylic acids is 2. The standard InChI is InChI=1S/2C4H4N2O2.Ni.2H2O/c2*7-4(8)3-1-2-5-6-3;;;/h2*1-2H,(H,5,6)(H,7,8);;2*1H2/q;;+2;;. The monoisotopic (exact) mass is 318 g/mol. The van der Waals surface area contributed by atoms with Crippen LogP contribution in [0.4, 0.5) is 0 Å². The first-order chi connectivity index (χ1) is 7.61. The minimum absolute atomic E-state index is 0. The maximum atomic E-state index is 9.87. The van der Waals surface area contributed by atoms with E-state index in [0.717, 1.165) is 0 Å². The van der Waals surface area contributed by atoms with Gasteiger partial charge in [0.25, 0.3) is 0 Å². The fourth-order valence-electron chi connectivity index (χ4n) is 0.748.